The van der Waals surface area contributed by atoms with Gasteiger partial charge in [-0.25, -0.2) is 9.59 Å². The Morgan fingerprint density at radius 3 is 1.81 bits per heavy atom. The molecule has 0 N–H and O–H groups in total. The molecule has 21 heavy (non-hydrogen) atoms. The summed E-state index contributed by atoms with van der Waals surface area (Å²) < 4.78 is 9.71. The summed E-state index contributed by atoms with van der Waals surface area (Å²) in [5.41, 5.74) is 0.815. The first-order chi connectivity index (χ1) is 9.76. The van der Waals surface area contributed by atoms with Gasteiger partial charge in [0.1, 0.15) is 0 Å². The smallest absolute Gasteiger partial charge is 0.334 e. The van der Waals surface area contributed by atoms with Crippen molar-refractivity contribution in [2.75, 3.05) is 14.2 Å². The zero-order valence-corrected chi connectivity index (χ0v) is 14.4. The average Bonchev–Trinajstić information content (AvgIpc) is 2.42. The Morgan fingerprint density at radius 1 is 0.857 bits per heavy atom. The average molecular weight is 298 g/mol. The molecule has 0 atom stereocenters. The molecule has 0 aromatic rings. The molecule has 0 aromatic carbocycles. The molecule has 0 aliphatic rings. The highest BCUT2D eigenvalue weighted by Crippen LogP contribution is 2.29. The number of carbonyl (C=O) groups is 2. The third-order valence-electron chi connectivity index (χ3n) is 3.22. The summed E-state index contributed by atoms with van der Waals surface area (Å²) in [7, 11) is 2.69. The van der Waals surface area contributed by atoms with Gasteiger partial charge < -0.3 is 9.47 Å². The van der Waals surface area contributed by atoms with Gasteiger partial charge in [0.05, 0.1) is 14.2 Å². The number of methoxy groups -OCH3 is 2. The number of unbranched alkanes of at least 4 members (excludes halogenated alkanes) is 3. The van der Waals surface area contributed by atoms with E-state index in [1.807, 2.05) is 20.8 Å². The van der Waals surface area contributed by atoms with Crippen molar-refractivity contribution < 1.29 is 19.1 Å². The fraction of sp³-hybridized carbons (Fsp3) is 0.765. The predicted octanol–water partition coefficient (Wildman–Crippen LogP) is 4.04. The number of esters is 2. The van der Waals surface area contributed by atoms with Crippen LogP contribution in [0.1, 0.15) is 66.2 Å². The Kier molecular flexibility index (Phi) is 8.98. The van der Waals surface area contributed by atoms with E-state index >= 15 is 0 Å². The maximum absolute atomic E-state index is 12.1. The Hall–Kier alpha value is -1.32. The lowest BCUT2D eigenvalue weighted by atomic mass is 9.85. The molecule has 4 heteroatoms. The van der Waals surface area contributed by atoms with Gasteiger partial charge >= 0.3 is 11.9 Å². The largest absolute Gasteiger partial charge is 0.466 e. The van der Waals surface area contributed by atoms with Crippen LogP contribution in [-0.4, -0.2) is 26.2 Å². The molecule has 4 nitrogen and oxygen atoms in total. The molecule has 0 heterocycles. The van der Waals surface area contributed by atoms with Crippen LogP contribution in [0, 0.1) is 5.41 Å². The summed E-state index contributed by atoms with van der Waals surface area (Å²) in [5.74, 6) is -0.850. The van der Waals surface area contributed by atoms with Crippen LogP contribution in [0.4, 0.5) is 0 Å². The lowest BCUT2D eigenvalue weighted by Crippen LogP contribution is -2.19. The summed E-state index contributed by atoms with van der Waals surface area (Å²) >= 11 is 0. The topological polar surface area (TPSA) is 52.6 Å². The van der Waals surface area contributed by atoms with Crippen LogP contribution >= 0.6 is 0 Å². The van der Waals surface area contributed by atoms with Crippen LogP contribution < -0.4 is 0 Å². The van der Waals surface area contributed by atoms with E-state index in [0.29, 0.717) is 24.0 Å². The maximum atomic E-state index is 12.1. The van der Waals surface area contributed by atoms with Gasteiger partial charge in [0, 0.05) is 11.1 Å². The molecule has 0 aliphatic carbocycles. The quantitative estimate of drug-likeness (QED) is 0.385. The summed E-state index contributed by atoms with van der Waals surface area (Å²) in [6, 6.07) is 0. The van der Waals surface area contributed by atoms with Crippen molar-refractivity contribution in [1.82, 2.24) is 0 Å². The zero-order chi connectivity index (χ0) is 16.5. The van der Waals surface area contributed by atoms with Crippen molar-refractivity contribution in [3.8, 4) is 0 Å². The van der Waals surface area contributed by atoms with Gasteiger partial charge in [0.2, 0.25) is 0 Å². The minimum Gasteiger partial charge on any atom is -0.466 e. The first-order valence-electron chi connectivity index (χ1n) is 7.65. The normalized spacial score (nSPS) is 12.7. The molecular formula is C17H30O4. The van der Waals surface area contributed by atoms with E-state index in [2.05, 4.69) is 6.92 Å². The van der Waals surface area contributed by atoms with Crippen molar-refractivity contribution in [2.24, 2.45) is 5.41 Å². The molecule has 122 valence electrons. The number of hydrogen-bond acceptors (Lipinski definition) is 4. The number of carbonyl (C=O) groups excluding carboxylic acids is 2. The van der Waals surface area contributed by atoms with Gasteiger partial charge in [-0.1, -0.05) is 47.0 Å². The molecule has 0 aliphatic heterocycles. The molecular weight excluding hydrogens is 268 g/mol. The Labute approximate surface area is 128 Å². The van der Waals surface area contributed by atoms with Crippen molar-refractivity contribution in [3.05, 3.63) is 11.1 Å². The first-order valence-corrected chi connectivity index (χ1v) is 7.65. The monoisotopic (exact) mass is 298 g/mol. The lowest BCUT2D eigenvalue weighted by Gasteiger charge is -2.21. The summed E-state index contributed by atoms with van der Waals surface area (Å²) in [6.07, 6.45) is 5.24. The Bertz CT molecular complexity index is 375. The minimum absolute atomic E-state index is 0.105. The van der Waals surface area contributed by atoms with E-state index in [-0.39, 0.29) is 5.41 Å². The Morgan fingerprint density at radius 2 is 1.38 bits per heavy atom. The van der Waals surface area contributed by atoms with Gasteiger partial charge in [0.25, 0.3) is 0 Å². The third kappa shape index (κ3) is 7.88. The van der Waals surface area contributed by atoms with Gasteiger partial charge in [-0.15, -0.1) is 0 Å². The van der Waals surface area contributed by atoms with E-state index in [1.54, 1.807) is 0 Å². The molecule has 0 saturated heterocycles. The first kappa shape index (κ1) is 19.7. The second-order valence-corrected chi connectivity index (χ2v) is 6.49. The fourth-order valence-corrected chi connectivity index (χ4v) is 2.18. The standard InChI is InChI=1S/C17H30O4/c1-7-8-9-10-11-13(15(18)20-5)14(16(19)21-6)12-17(2,3)4/h7-12H2,1-6H3/b14-13-. The molecule has 0 rings (SSSR count). The van der Waals surface area contributed by atoms with Crippen molar-refractivity contribution in [1.29, 1.82) is 0 Å². The van der Waals surface area contributed by atoms with Crippen molar-refractivity contribution in [2.45, 2.75) is 66.2 Å². The van der Waals surface area contributed by atoms with Gasteiger partial charge in [-0.2, -0.15) is 0 Å². The second-order valence-electron chi connectivity index (χ2n) is 6.49. The van der Waals surface area contributed by atoms with Crippen LogP contribution in [0.3, 0.4) is 0 Å². The summed E-state index contributed by atoms with van der Waals surface area (Å²) in [5, 5.41) is 0. The summed E-state index contributed by atoms with van der Waals surface area (Å²) in [4.78, 5) is 24.1. The van der Waals surface area contributed by atoms with Gasteiger partial charge in [0.15, 0.2) is 0 Å². The molecule has 0 unspecified atom stereocenters. The number of hydrogen-bond donors (Lipinski definition) is 0. The number of rotatable bonds is 8. The molecule has 0 spiro atoms. The fourth-order valence-electron chi connectivity index (χ4n) is 2.18. The van der Waals surface area contributed by atoms with Crippen LogP contribution in [0.25, 0.3) is 0 Å². The van der Waals surface area contributed by atoms with Gasteiger partial charge in [-0.3, -0.25) is 0 Å². The summed E-state index contributed by atoms with van der Waals surface area (Å²) in [6.45, 7) is 8.22. The van der Waals surface area contributed by atoms with Crippen LogP contribution in [0.5, 0.6) is 0 Å². The molecule has 0 aromatic heterocycles. The third-order valence-corrected chi connectivity index (χ3v) is 3.22. The molecule has 0 radical (unpaired) electrons. The molecule has 0 fully saturated rings. The van der Waals surface area contributed by atoms with Crippen LogP contribution in [0.2, 0.25) is 0 Å². The Balaban J connectivity index is 5.36. The maximum Gasteiger partial charge on any atom is 0.334 e. The zero-order valence-electron chi connectivity index (χ0n) is 14.4. The second kappa shape index (κ2) is 9.59. The van der Waals surface area contributed by atoms with Crippen molar-refractivity contribution >= 4 is 11.9 Å². The highest BCUT2D eigenvalue weighted by Gasteiger charge is 2.26. The molecule has 0 amide bonds. The van der Waals surface area contributed by atoms with E-state index in [1.165, 1.54) is 14.2 Å². The highest BCUT2D eigenvalue weighted by molar-refractivity contribution is 6.00. The number of ether oxygens (including phenoxy) is 2. The van der Waals surface area contributed by atoms with Crippen LogP contribution in [0.15, 0.2) is 11.1 Å². The molecule has 0 bridgehead atoms. The van der Waals surface area contributed by atoms with Crippen LogP contribution in [-0.2, 0) is 19.1 Å². The van der Waals surface area contributed by atoms with E-state index in [9.17, 15) is 9.59 Å². The SMILES string of the molecule is CCCCCC/C(C(=O)OC)=C(\CC(C)(C)C)C(=O)OC. The van der Waals surface area contributed by atoms with Gasteiger partial charge in [-0.05, 0) is 24.7 Å². The predicted molar refractivity (Wildman–Crippen MR) is 83.9 cm³/mol. The van der Waals surface area contributed by atoms with E-state index in [4.69, 9.17) is 9.47 Å². The highest BCUT2D eigenvalue weighted by atomic mass is 16.5. The van der Waals surface area contributed by atoms with Crippen molar-refractivity contribution in [3.63, 3.8) is 0 Å². The minimum atomic E-state index is -0.430. The lowest BCUT2D eigenvalue weighted by molar-refractivity contribution is -0.139. The van der Waals surface area contributed by atoms with E-state index < -0.39 is 11.9 Å². The van der Waals surface area contributed by atoms with E-state index in [0.717, 1.165) is 25.7 Å². The molecule has 0 saturated carbocycles.